The molecule has 0 spiro atoms. The molecule has 1 saturated heterocycles. The molecule has 0 radical (unpaired) electrons. The molecule has 10 heteroatoms. The Labute approximate surface area is 177 Å². The number of esters is 1. The SMILES string of the molecule is CCCOc1ccc(C=N/N=C2/NC(=O)/C(=C\C(=O)OC)S2)cc1Cn1ccnc1. The van der Waals surface area contributed by atoms with Gasteiger partial charge in [-0.2, -0.15) is 5.10 Å². The number of benzene rings is 1. The maximum Gasteiger partial charge on any atom is 0.331 e. The Bertz CT molecular complexity index is 999. The fraction of sp³-hybridized carbons (Fsp3) is 0.250. The Morgan fingerprint density at radius 3 is 3.00 bits per heavy atom. The lowest BCUT2D eigenvalue weighted by atomic mass is 10.1. The highest BCUT2D eigenvalue weighted by Gasteiger charge is 2.25. The molecule has 156 valence electrons. The van der Waals surface area contributed by atoms with Crippen LogP contribution in [-0.4, -0.2) is 46.5 Å². The van der Waals surface area contributed by atoms with E-state index in [1.54, 1.807) is 18.7 Å². The van der Waals surface area contributed by atoms with Gasteiger partial charge in [0.15, 0.2) is 5.17 Å². The van der Waals surface area contributed by atoms with E-state index in [9.17, 15) is 9.59 Å². The summed E-state index contributed by atoms with van der Waals surface area (Å²) in [7, 11) is 1.25. The van der Waals surface area contributed by atoms with Crippen molar-refractivity contribution in [3.63, 3.8) is 0 Å². The van der Waals surface area contributed by atoms with Crippen LogP contribution in [0.3, 0.4) is 0 Å². The smallest absolute Gasteiger partial charge is 0.331 e. The molecule has 1 aromatic heterocycles. The molecule has 1 aliphatic rings. The highest BCUT2D eigenvalue weighted by Crippen LogP contribution is 2.24. The lowest BCUT2D eigenvalue weighted by molar-refractivity contribution is -0.135. The van der Waals surface area contributed by atoms with Crippen molar-refractivity contribution in [3.8, 4) is 5.75 Å². The number of ether oxygens (including phenoxy) is 2. The van der Waals surface area contributed by atoms with Crippen LogP contribution in [0.1, 0.15) is 24.5 Å². The number of carbonyl (C=O) groups excluding carboxylic acids is 2. The van der Waals surface area contributed by atoms with E-state index in [0.717, 1.165) is 41.1 Å². The summed E-state index contributed by atoms with van der Waals surface area (Å²) in [6, 6.07) is 5.76. The van der Waals surface area contributed by atoms with Crippen LogP contribution < -0.4 is 10.1 Å². The van der Waals surface area contributed by atoms with Crippen molar-refractivity contribution in [3.05, 3.63) is 59.0 Å². The number of rotatable bonds is 8. The summed E-state index contributed by atoms with van der Waals surface area (Å²) in [6.45, 7) is 3.31. The zero-order chi connectivity index (χ0) is 21.3. The quantitative estimate of drug-likeness (QED) is 0.300. The highest BCUT2D eigenvalue weighted by molar-refractivity contribution is 8.18. The van der Waals surface area contributed by atoms with Crippen LogP contribution >= 0.6 is 11.8 Å². The number of thioether (sulfide) groups is 1. The standard InChI is InChI=1S/C20H21N5O4S/c1-3-8-29-16-5-4-14(9-15(16)12-25-7-6-21-13-25)11-22-24-20-23-19(27)17(30-20)10-18(26)28-2/h4-7,9-11,13H,3,8,12H2,1-2H3,(H,23,24,27)/b17-10+,22-11?. The van der Waals surface area contributed by atoms with Gasteiger partial charge in [0, 0.05) is 24.0 Å². The van der Waals surface area contributed by atoms with Gasteiger partial charge in [0.2, 0.25) is 0 Å². The van der Waals surface area contributed by atoms with E-state index in [2.05, 4.69) is 32.2 Å². The molecule has 0 atom stereocenters. The van der Waals surface area contributed by atoms with Crippen molar-refractivity contribution < 1.29 is 19.1 Å². The van der Waals surface area contributed by atoms with Gasteiger partial charge >= 0.3 is 5.97 Å². The third kappa shape index (κ3) is 5.80. The van der Waals surface area contributed by atoms with Gasteiger partial charge in [-0.15, -0.1) is 5.10 Å². The molecule has 9 nitrogen and oxygen atoms in total. The molecule has 1 aromatic carbocycles. The van der Waals surface area contributed by atoms with Gasteiger partial charge < -0.3 is 14.0 Å². The van der Waals surface area contributed by atoms with Crippen LogP contribution in [0.5, 0.6) is 5.75 Å². The molecule has 2 heterocycles. The number of imidazole rings is 1. The summed E-state index contributed by atoms with van der Waals surface area (Å²) in [5, 5.41) is 10.9. The molecular formula is C20H21N5O4S. The first-order chi connectivity index (χ1) is 14.6. The van der Waals surface area contributed by atoms with Crippen molar-refractivity contribution in [2.24, 2.45) is 10.2 Å². The maximum atomic E-state index is 11.8. The van der Waals surface area contributed by atoms with Crippen LogP contribution in [-0.2, 0) is 20.9 Å². The number of nitrogens with one attached hydrogen (secondary N) is 1. The van der Waals surface area contributed by atoms with E-state index in [4.69, 9.17) is 4.74 Å². The molecule has 3 rings (SSSR count). The third-order valence-corrected chi connectivity index (χ3v) is 4.81. The number of nitrogens with zero attached hydrogens (tertiary/aromatic N) is 4. The summed E-state index contributed by atoms with van der Waals surface area (Å²) in [4.78, 5) is 27.4. The lowest BCUT2D eigenvalue weighted by Gasteiger charge is -2.12. The molecule has 1 fully saturated rings. The molecule has 0 saturated carbocycles. The Kier molecular flexibility index (Phi) is 7.39. The second-order valence-corrected chi connectivity index (χ2v) is 7.22. The number of amidine groups is 1. The van der Waals surface area contributed by atoms with Gasteiger partial charge in [0.05, 0.1) is 37.7 Å². The van der Waals surface area contributed by atoms with Crippen LogP contribution in [0.2, 0.25) is 0 Å². The minimum absolute atomic E-state index is 0.204. The van der Waals surface area contributed by atoms with Crippen LogP contribution in [0, 0.1) is 0 Å². The predicted molar refractivity (Wildman–Crippen MR) is 114 cm³/mol. The van der Waals surface area contributed by atoms with E-state index in [-0.39, 0.29) is 10.1 Å². The minimum atomic E-state index is -0.604. The lowest BCUT2D eigenvalue weighted by Crippen LogP contribution is -2.19. The van der Waals surface area contributed by atoms with Gasteiger partial charge in [-0.25, -0.2) is 9.78 Å². The third-order valence-electron chi connectivity index (χ3n) is 3.91. The second kappa shape index (κ2) is 10.4. The van der Waals surface area contributed by atoms with E-state index >= 15 is 0 Å². The van der Waals surface area contributed by atoms with E-state index in [1.807, 2.05) is 29.0 Å². The summed E-state index contributed by atoms with van der Waals surface area (Å²) in [6.07, 6.45) is 8.98. The summed E-state index contributed by atoms with van der Waals surface area (Å²) < 4.78 is 12.3. The Hall–Kier alpha value is -3.40. The number of carbonyl (C=O) groups is 2. The molecule has 1 aliphatic heterocycles. The van der Waals surface area contributed by atoms with Crippen molar-refractivity contribution in [1.29, 1.82) is 0 Å². The normalized spacial score (nSPS) is 16.4. The number of methoxy groups -OCH3 is 1. The number of aromatic nitrogens is 2. The average molecular weight is 427 g/mol. The fourth-order valence-corrected chi connectivity index (χ4v) is 3.26. The Morgan fingerprint density at radius 1 is 1.40 bits per heavy atom. The van der Waals surface area contributed by atoms with Gasteiger partial charge in [0.1, 0.15) is 5.75 Å². The summed E-state index contributed by atoms with van der Waals surface area (Å²) in [5.41, 5.74) is 1.82. The van der Waals surface area contributed by atoms with E-state index in [1.165, 1.54) is 7.11 Å². The van der Waals surface area contributed by atoms with Crippen LogP contribution in [0.25, 0.3) is 0 Å². The molecule has 0 bridgehead atoms. The molecule has 1 N–H and O–H groups in total. The van der Waals surface area contributed by atoms with Crippen molar-refractivity contribution in [2.75, 3.05) is 13.7 Å². The molecule has 0 unspecified atom stereocenters. The predicted octanol–water partition coefficient (Wildman–Crippen LogP) is 2.33. The van der Waals surface area contributed by atoms with Crippen LogP contribution in [0.15, 0.2) is 58.1 Å². The van der Waals surface area contributed by atoms with Gasteiger partial charge in [0.25, 0.3) is 5.91 Å². The summed E-state index contributed by atoms with van der Waals surface area (Å²) in [5.74, 6) is -0.210. The zero-order valence-electron chi connectivity index (χ0n) is 16.6. The topological polar surface area (TPSA) is 107 Å². The van der Waals surface area contributed by atoms with Crippen molar-refractivity contribution >= 4 is 35.0 Å². The largest absolute Gasteiger partial charge is 0.493 e. The first-order valence-corrected chi connectivity index (χ1v) is 10.0. The van der Waals surface area contributed by atoms with Crippen molar-refractivity contribution in [1.82, 2.24) is 14.9 Å². The average Bonchev–Trinajstić information content (AvgIpc) is 3.37. The summed E-state index contributed by atoms with van der Waals surface area (Å²) >= 11 is 1.02. The first-order valence-electron chi connectivity index (χ1n) is 9.20. The van der Waals surface area contributed by atoms with E-state index in [0.29, 0.717) is 13.2 Å². The Morgan fingerprint density at radius 2 is 2.27 bits per heavy atom. The number of amides is 1. The van der Waals surface area contributed by atoms with Crippen molar-refractivity contribution in [2.45, 2.75) is 19.9 Å². The highest BCUT2D eigenvalue weighted by atomic mass is 32.2. The first kappa shape index (κ1) is 21.3. The molecule has 1 amide bonds. The zero-order valence-corrected chi connectivity index (χ0v) is 17.4. The van der Waals surface area contributed by atoms with Crippen LogP contribution in [0.4, 0.5) is 0 Å². The molecule has 0 aliphatic carbocycles. The number of hydrogen-bond acceptors (Lipinski definition) is 8. The minimum Gasteiger partial charge on any atom is -0.493 e. The molecular weight excluding hydrogens is 406 g/mol. The Balaban J connectivity index is 1.73. The maximum absolute atomic E-state index is 11.8. The van der Waals surface area contributed by atoms with Gasteiger partial charge in [-0.3, -0.25) is 10.1 Å². The van der Waals surface area contributed by atoms with Gasteiger partial charge in [-0.05, 0) is 41.9 Å². The monoisotopic (exact) mass is 427 g/mol. The fourth-order valence-electron chi connectivity index (χ4n) is 2.52. The second-order valence-electron chi connectivity index (χ2n) is 6.19. The molecule has 2 aromatic rings. The number of hydrogen-bond donors (Lipinski definition) is 1. The molecule has 30 heavy (non-hydrogen) atoms. The van der Waals surface area contributed by atoms with E-state index < -0.39 is 11.9 Å². The van der Waals surface area contributed by atoms with Gasteiger partial charge in [-0.1, -0.05) is 6.92 Å².